The molecule has 1 saturated heterocycles. The Bertz CT molecular complexity index is 1190. The van der Waals surface area contributed by atoms with Gasteiger partial charge in [-0.1, -0.05) is 17.4 Å². The average Bonchev–Trinajstić information content (AvgIpc) is 3.35. The number of anilines is 2. The molecule has 2 aromatic carbocycles. The minimum absolute atomic E-state index is 0.0295. The summed E-state index contributed by atoms with van der Waals surface area (Å²) in [6.45, 7) is 1.07. The number of nitrogens with one attached hydrogen (secondary N) is 2. The van der Waals surface area contributed by atoms with Gasteiger partial charge < -0.3 is 25.0 Å². The Morgan fingerprint density at radius 3 is 2.62 bits per heavy atom. The van der Waals surface area contributed by atoms with Crippen molar-refractivity contribution in [2.45, 2.75) is 18.8 Å². The number of benzene rings is 2. The maximum atomic E-state index is 13.4. The largest absolute Gasteiger partial charge is 0.493 e. The van der Waals surface area contributed by atoms with E-state index in [9.17, 15) is 14.0 Å². The lowest BCUT2D eigenvalue weighted by Gasteiger charge is -2.31. The summed E-state index contributed by atoms with van der Waals surface area (Å²) in [7, 11) is 3.08. The van der Waals surface area contributed by atoms with Gasteiger partial charge in [0.25, 0.3) is 5.91 Å². The van der Waals surface area contributed by atoms with Crippen LogP contribution in [-0.2, 0) is 0 Å². The van der Waals surface area contributed by atoms with Crippen LogP contribution in [0.15, 0.2) is 42.5 Å². The number of amides is 3. The first-order chi connectivity index (χ1) is 16.5. The van der Waals surface area contributed by atoms with Gasteiger partial charge in [-0.3, -0.25) is 4.79 Å². The SMILES string of the molecule is COc1ccc(NC(=O)N2CCC[C@@H](c3nnc(C(=O)Nc4cccc(F)c4)s3)C2)cc1OC. The van der Waals surface area contributed by atoms with Crippen molar-refractivity contribution in [3.63, 3.8) is 0 Å². The van der Waals surface area contributed by atoms with Gasteiger partial charge in [0.05, 0.1) is 14.2 Å². The number of methoxy groups -OCH3 is 2. The molecule has 34 heavy (non-hydrogen) atoms. The first kappa shape index (κ1) is 23.4. The van der Waals surface area contributed by atoms with Crippen LogP contribution in [0, 0.1) is 5.82 Å². The minimum Gasteiger partial charge on any atom is -0.493 e. The third-order valence-corrected chi connectivity index (χ3v) is 6.49. The Morgan fingerprint density at radius 1 is 1.06 bits per heavy atom. The smallest absolute Gasteiger partial charge is 0.321 e. The molecule has 0 unspecified atom stereocenters. The maximum absolute atomic E-state index is 13.4. The standard InChI is InChI=1S/C23H24FN5O4S/c1-32-18-9-8-17(12-19(18)33-2)26-23(31)29-10-4-5-14(13-29)21-27-28-22(34-21)20(30)25-16-7-3-6-15(24)11-16/h3,6-9,11-12,14H,4-5,10,13H2,1-2H3,(H,25,30)(H,26,31)/t14-/m1/s1. The van der Waals surface area contributed by atoms with Gasteiger partial charge >= 0.3 is 6.03 Å². The molecule has 3 aromatic rings. The van der Waals surface area contributed by atoms with E-state index >= 15 is 0 Å². The average molecular weight is 486 g/mol. The van der Waals surface area contributed by atoms with Gasteiger partial charge in [0.2, 0.25) is 5.01 Å². The summed E-state index contributed by atoms with van der Waals surface area (Å²) in [6.07, 6.45) is 1.63. The van der Waals surface area contributed by atoms with Gasteiger partial charge in [0, 0.05) is 36.4 Å². The van der Waals surface area contributed by atoms with Crippen LogP contribution >= 0.6 is 11.3 Å². The van der Waals surface area contributed by atoms with E-state index in [1.807, 2.05) is 0 Å². The number of ether oxygens (including phenoxy) is 2. The number of urea groups is 1. The van der Waals surface area contributed by atoms with Crippen LogP contribution < -0.4 is 20.1 Å². The molecule has 1 aliphatic rings. The highest BCUT2D eigenvalue weighted by Gasteiger charge is 2.28. The highest BCUT2D eigenvalue weighted by atomic mass is 32.1. The van der Waals surface area contributed by atoms with Crippen molar-refractivity contribution in [2.24, 2.45) is 0 Å². The molecule has 178 valence electrons. The summed E-state index contributed by atoms with van der Waals surface area (Å²) >= 11 is 1.18. The number of halogens is 1. The first-order valence-corrected chi connectivity index (χ1v) is 11.5. The number of likely N-dealkylation sites (tertiary alicyclic amines) is 1. The molecule has 1 atom stereocenters. The van der Waals surface area contributed by atoms with Crippen molar-refractivity contribution in [1.29, 1.82) is 0 Å². The number of aromatic nitrogens is 2. The quantitative estimate of drug-likeness (QED) is 0.538. The summed E-state index contributed by atoms with van der Waals surface area (Å²) in [5, 5.41) is 14.6. The van der Waals surface area contributed by atoms with E-state index in [1.54, 1.807) is 36.3 Å². The van der Waals surface area contributed by atoms with Crippen LogP contribution in [0.1, 0.15) is 33.6 Å². The fourth-order valence-electron chi connectivity index (χ4n) is 3.72. The highest BCUT2D eigenvalue weighted by molar-refractivity contribution is 7.13. The number of carbonyl (C=O) groups is 2. The summed E-state index contributed by atoms with van der Waals surface area (Å²) in [5.74, 6) is 0.178. The van der Waals surface area contributed by atoms with E-state index < -0.39 is 11.7 Å². The number of rotatable bonds is 6. The highest BCUT2D eigenvalue weighted by Crippen LogP contribution is 2.32. The van der Waals surface area contributed by atoms with Gasteiger partial charge in [-0.05, 0) is 43.2 Å². The topological polar surface area (TPSA) is 106 Å². The summed E-state index contributed by atoms with van der Waals surface area (Å²) < 4.78 is 23.9. The van der Waals surface area contributed by atoms with Crippen LogP contribution in [0.5, 0.6) is 11.5 Å². The van der Waals surface area contributed by atoms with E-state index in [4.69, 9.17) is 9.47 Å². The predicted octanol–water partition coefficient (Wildman–Crippen LogP) is 4.36. The normalized spacial score (nSPS) is 15.5. The predicted molar refractivity (Wildman–Crippen MR) is 126 cm³/mol. The molecule has 11 heteroatoms. The zero-order chi connectivity index (χ0) is 24.1. The Labute approximate surface area is 199 Å². The number of hydrogen-bond donors (Lipinski definition) is 2. The van der Waals surface area contributed by atoms with Gasteiger partial charge in [-0.15, -0.1) is 10.2 Å². The summed E-state index contributed by atoms with van der Waals surface area (Å²) in [5.41, 5.74) is 0.939. The Balaban J connectivity index is 1.38. The molecule has 0 saturated carbocycles. The number of hydrogen-bond acceptors (Lipinski definition) is 7. The van der Waals surface area contributed by atoms with Gasteiger partial charge in [-0.2, -0.15) is 0 Å². The maximum Gasteiger partial charge on any atom is 0.321 e. The molecule has 2 heterocycles. The molecule has 1 aliphatic heterocycles. The first-order valence-electron chi connectivity index (χ1n) is 10.6. The minimum atomic E-state index is -0.451. The Hall–Kier alpha value is -3.73. The molecule has 0 bridgehead atoms. The fraction of sp³-hybridized carbons (Fsp3) is 0.304. The Morgan fingerprint density at radius 2 is 1.85 bits per heavy atom. The lowest BCUT2D eigenvalue weighted by Crippen LogP contribution is -2.41. The van der Waals surface area contributed by atoms with Crippen molar-refractivity contribution in [3.05, 3.63) is 58.3 Å². The van der Waals surface area contributed by atoms with Crippen LogP contribution in [0.3, 0.4) is 0 Å². The van der Waals surface area contributed by atoms with Crippen molar-refractivity contribution >= 4 is 34.6 Å². The fourth-order valence-corrected chi connectivity index (χ4v) is 4.59. The number of carbonyl (C=O) groups excluding carboxylic acids is 2. The summed E-state index contributed by atoms with van der Waals surface area (Å²) in [4.78, 5) is 27.1. The van der Waals surface area contributed by atoms with Crippen LogP contribution in [0.25, 0.3) is 0 Å². The second-order valence-electron chi connectivity index (χ2n) is 7.70. The molecule has 2 N–H and O–H groups in total. The zero-order valence-electron chi connectivity index (χ0n) is 18.7. The number of piperidine rings is 1. The van der Waals surface area contributed by atoms with Gasteiger partial charge in [-0.25, -0.2) is 9.18 Å². The molecule has 0 aliphatic carbocycles. The molecular weight excluding hydrogens is 461 g/mol. The lowest BCUT2D eigenvalue weighted by atomic mass is 9.99. The second kappa shape index (κ2) is 10.5. The third kappa shape index (κ3) is 5.42. The van der Waals surface area contributed by atoms with E-state index in [1.165, 1.54) is 36.6 Å². The van der Waals surface area contributed by atoms with E-state index in [2.05, 4.69) is 20.8 Å². The van der Waals surface area contributed by atoms with E-state index in [-0.39, 0.29) is 17.0 Å². The summed E-state index contributed by atoms with van der Waals surface area (Å²) in [6, 6.07) is 10.6. The van der Waals surface area contributed by atoms with Crippen molar-refractivity contribution in [1.82, 2.24) is 15.1 Å². The van der Waals surface area contributed by atoms with Crippen LogP contribution in [0.2, 0.25) is 0 Å². The number of nitrogens with zero attached hydrogens (tertiary/aromatic N) is 3. The van der Waals surface area contributed by atoms with Crippen molar-refractivity contribution in [3.8, 4) is 11.5 Å². The van der Waals surface area contributed by atoms with Crippen LogP contribution in [-0.4, -0.2) is 54.3 Å². The van der Waals surface area contributed by atoms with E-state index in [0.29, 0.717) is 41.0 Å². The second-order valence-corrected chi connectivity index (χ2v) is 8.70. The molecule has 1 aromatic heterocycles. The van der Waals surface area contributed by atoms with Crippen LogP contribution in [0.4, 0.5) is 20.6 Å². The monoisotopic (exact) mass is 485 g/mol. The molecule has 0 radical (unpaired) electrons. The molecule has 3 amide bonds. The zero-order valence-corrected chi connectivity index (χ0v) is 19.5. The molecule has 0 spiro atoms. The third-order valence-electron chi connectivity index (χ3n) is 5.41. The molecule has 9 nitrogen and oxygen atoms in total. The Kier molecular flexibility index (Phi) is 7.21. The van der Waals surface area contributed by atoms with Gasteiger partial charge in [0.1, 0.15) is 10.8 Å². The van der Waals surface area contributed by atoms with E-state index in [0.717, 1.165) is 12.8 Å². The lowest BCUT2D eigenvalue weighted by molar-refractivity contribution is 0.102. The van der Waals surface area contributed by atoms with Crippen molar-refractivity contribution in [2.75, 3.05) is 37.9 Å². The van der Waals surface area contributed by atoms with Crippen molar-refractivity contribution < 1.29 is 23.5 Å². The molecule has 1 fully saturated rings. The molecular formula is C23H24FN5O4S. The molecule has 4 rings (SSSR count). The van der Waals surface area contributed by atoms with Gasteiger partial charge in [0.15, 0.2) is 11.5 Å².